The lowest BCUT2D eigenvalue weighted by Crippen LogP contribution is -2.34. The molecule has 2 heterocycles. The molecule has 1 unspecified atom stereocenters. The lowest BCUT2D eigenvalue weighted by atomic mass is 10.3. The van der Waals surface area contributed by atoms with Gasteiger partial charge in [0.05, 0.1) is 38.3 Å². The molecule has 1 fully saturated rings. The highest BCUT2D eigenvalue weighted by atomic mass is 16.6. The quantitative estimate of drug-likeness (QED) is 0.763. The average Bonchev–Trinajstić information content (AvgIpc) is 2.38. The third-order valence-electron chi connectivity index (χ3n) is 2.27. The van der Waals surface area contributed by atoms with Gasteiger partial charge in [0.25, 0.3) is 0 Å². The lowest BCUT2D eigenvalue weighted by molar-refractivity contribution is -0.0819. The van der Waals surface area contributed by atoms with E-state index in [0.29, 0.717) is 32.2 Å². The van der Waals surface area contributed by atoms with Gasteiger partial charge in [-0.3, -0.25) is 0 Å². The minimum Gasteiger partial charge on any atom is -0.476 e. The molecule has 92 valence electrons. The highest BCUT2D eigenvalue weighted by Crippen LogP contribution is 2.04. The Kier molecular flexibility index (Phi) is 3.84. The number of rotatable bonds is 4. The van der Waals surface area contributed by atoms with E-state index in [0.717, 1.165) is 0 Å². The zero-order valence-corrected chi connectivity index (χ0v) is 9.13. The Morgan fingerprint density at radius 1 is 1.47 bits per heavy atom. The molecule has 1 aromatic rings. The van der Waals surface area contributed by atoms with Gasteiger partial charge in [-0.25, -0.2) is 14.8 Å². The van der Waals surface area contributed by atoms with Crippen molar-refractivity contribution in [2.75, 3.05) is 31.7 Å². The number of nitrogens with zero attached hydrogens (tertiary/aromatic N) is 2. The van der Waals surface area contributed by atoms with Crippen LogP contribution in [-0.2, 0) is 9.47 Å². The molecule has 2 rings (SSSR count). The summed E-state index contributed by atoms with van der Waals surface area (Å²) < 4.78 is 10.7. The van der Waals surface area contributed by atoms with Gasteiger partial charge in [-0.05, 0) is 0 Å². The van der Waals surface area contributed by atoms with Crippen LogP contribution < -0.4 is 5.32 Å². The monoisotopic (exact) mass is 239 g/mol. The number of carbonyl (C=O) groups is 1. The topological polar surface area (TPSA) is 93.6 Å². The fourth-order valence-electron chi connectivity index (χ4n) is 1.40. The molecule has 2 N–H and O–H groups in total. The Bertz CT molecular complexity index is 376. The molecule has 0 radical (unpaired) electrons. The Balaban J connectivity index is 1.84. The number of nitrogens with one attached hydrogen (secondary N) is 1. The van der Waals surface area contributed by atoms with Crippen molar-refractivity contribution in [3.8, 4) is 0 Å². The fraction of sp³-hybridized carbons (Fsp3) is 0.500. The molecule has 1 aliphatic heterocycles. The van der Waals surface area contributed by atoms with E-state index < -0.39 is 5.97 Å². The third kappa shape index (κ3) is 3.36. The highest BCUT2D eigenvalue weighted by molar-refractivity contribution is 5.84. The van der Waals surface area contributed by atoms with Gasteiger partial charge in [-0.1, -0.05) is 0 Å². The van der Waals surface area contributed by atoms with Crippen LogP contribution in [0.5, 0.6) is 0 Å². The van der Waals surface area contributed by atoms with Crippen LogP contribution in [0.3, 0.4) is 0 Å². The van der Waals surface area contributed by atoms with Crippen LogP contribution in [0.4, 0.5) is 5.82 Å². The zero-order valence-electron chi connectivity index (χ0n) is 9.13. The van der Waals surface area contributed by atoms with E-state index >= 15 is 0 Å². The minimum atomic E-state index is -1.09. The average molecular weight is 239 g/mol. The van der Waals surface area contributed by atoms with Crippen LogP contribution >= 0.6 is 0 Å². The Morgan fingerprint density at radius 2 is 2.35 bits per heavy atom. The molecule has 7 heteroatoms. The summed E-state index contributed by atoms with van der Waals surface area (Å²) in [7, 11) is 0. The normalized spacial score (nSPS) is 19.9. The van der Waals surface area contributed by atoms with Gasteiger partial charge in [0.2, 0.25) is 0 Å². The summed E-state index contributed by atoms with van der Waals surface area (Å²) >= 11 is 0. The number of hydrogen-bond acceptors (Lipinski definition) is 6. The minimum absolute atomic E-state index is 0.00954. The predicted molar refractivity (Wildman–Crippen MR) is 58.0 cm³/mol. The number of carboxylic acids is 1. The molecule has 17 heavy (non-hydrogen) atoms. The van der Waals surface area contributed by atoms with E-state index in [1.165, 1.54) is 12.4 Å². The van der Waals surface area contributed by atoms with Gasteiger partial charge in [0.15, 0.2) is 5.69 Å². The van der Waals surface area contributed by atoms with Crippen molar-refractivity contribution in [2.45, 2.75) is 6.10 Å². The molecular weight excluding hydrogens is 226 g/mol. The molecule has 0 bridgehead atoms. The molecule has 0 amide bonds. The first-order valence-electron chi connectivity index (χ1n) is 5.24. The van der Waals surface area contributed by atoms with Crippen LogP contribution in [0.2, 0.25) is 0 Å². The van der Waals surface area contributed by atoms with Crippen LogP contribution in [-0.4, -0.2) is 53.5 Å². The largest absolute Gasteiger partial charge is 0.476 e. The summed E-state index contributed by atoms with van der Waals surface area (Å²) in [5, 5.41) is 11.7. The van der Waals surface area contributed by atoms with Gasteiger partial charge >= 0.3 is 5.97 Å². The highest BCUT2D eigenvalue weighted by Gasteiger charge is 2.14. The van der Waals surface area contributed by atoms with E-state index in [4.69, 9.17) is 14.6 Å². The maximum atomic E-state index is 10.6. The maximum Gasteiger partial charge on any atom is 0.356 e. The second kappa shape index (κ2) is 5.55. The van der Waals surface area contributed by atoms with Gasteiger partial charge in [0.1, 0.15) is 5.82 Å². The van der Waals surface area contributed by atoms with Gasteiger partial charge in [-0.15, -0.1) is 0 Å². The van der Waals surface area contributed by atoms with Crippen LogP contribution in [0.1, 0.15) is 10.5 Å². The molecule has 0 aromatic carbocycles. The Hall–Kier alpha value is -1.73. The van der Waals surface area contributed by atoms with Gasteiger partial charge < -0.3 is 19.9 Å². The SMILES string of the molecule is O=C(O)c1cnc(NCC2COCCO2)cn1. The molecule has 1 aromatic heterocycles. The van der Waals surface area contributed by atoms with E-state index in [1.54, 1.807) is 0 Å². The van der Waals surface area contributed by atoms with Crippen molar-refractivity contribution >= 4 is 11.8 Å². The van der Waals surface area contributed by atoms with Gasteiger partial charge in [0, 0.05) is 6.54 Å². The molecule has 7 nitrogen and oxygen atoms in total. The molecule has 1 saturated heterocycles. The number of hydrogen-bond donors (Lipinski definition) is 2. The summed E-state index contributed by atoms with van der Waals surface area (Å²) in [5.74, 6) is -0.572. The maximum absolute atomic E-state index is 10.6. The Labute approximate surface area is 97.8 Å². The zero-order chi connectivity index (χ0) is 12.1. The first-order valence-corrected chi connectivity index (χ1v) is 5.24. The van der Waals surface area contributed by atoms with Crippen LogP contribution in [0.15, 0.2) is 12.4 Å². The molecular formula is C10H13N3O4. The summed E-state index contributed by atoms with van der Waals surface area (Å²) in [4.78, 5) is 18.2. The van der Waals surface area contributed by atoms with E-state index in [9.17, 15) is 4.79 Å². The van der Waals surface area contributed by atoms with Gasteiger partial charge in [-0.2, -0.15) is 0 Å². The van der Waals surface area contributed by atoms with Crippen molar-refractivity contribution in [1.29, 1.82) is 0 Å². The number of aromatic carboxylic acids is 1. The molecule has 0 spiro atoms. The summed E-state index contributed by atoms with van der Waals surface area (Å²) in [6.45, 7) is 2.33. The molecule has 0 aliphatic carbocycles. The van der Waals surface area contributed by atoms with Crippen LogP contribution in [0, 0.1) is 0 Å². The molecule has 1 atom stereocenters. The van der Waals surface area contributed by atoms with Crippen molar-refractivity contribution < 1.29 is 19.4 Å². The van der Waals surface area contributed by atoms with Crippen LogP contribution in [0.25, 0.3) is 0 Å². The molecule has 0 saturated carbocycles. The number of aromatic nitrogens is 2. The predicted octanol–water partition coefficient (Wildman–Crippen LogP) is 0.00210. The first-order chi connectivity index (χ1) is 8.25. The van der Waals surface area contributed by atoms with Crippen molar-refractivity contribution in [1.82, 2.24) is 9.97 Å². The second-order valence-electron chi connectivity index (χ2n) is 3.54. The third-order valence-corrected chi connectivity index (χ3v) is 2.27. The molecule has 1 aliphatic rings. The Morgan fingerprint density at radius 3 is 2.94 bits per heavy atom. The summed E-state index contributed by atoms with van der Waals surface area (Å²) in [6, 6.07) is 0. The summed E-state index contributed by atoms with van der Waals surface area (Å²) in [6.07, 6.45) is 2.58. The van der Waals surface area contributed by atoms with Crippen molar-refractivity contribution in [2.24, 2.45) is 0 Å². The smallest absolute Gasteiger partial charge is 0.356 e. The first kappa shape index (κ1) is 11.7. The number of anilines is 1. The standard InChI is InChI=1S/C10H13N3O4/c14-10(15)8-4-13-9(5-11-8)12-3-7-6-16-1-2-17-7/h4-5,7H,1-3,6H2,(H,12,13)(H,14,15). The van der Waals surface area contributed by atoms with E-state index in [-0.39, 0.29) is 11.8 Å². The van der Waals surface area contributed by atoms with Crippen molar-refractivity contribution in [3.05, 3.63) is 18.1 Å². The lowest BCUT2D eigenvalue weighted by Gasteiger charge is -2.23. The number of ether oxygens (including phenoxy) is 2. The number of carboxylic acid groups (broad SMARTS) is 1. The van der Waals surface area contributed by atoms with E-state index in [2.05, 4.69) is 15.3 Å². The summed E-state index contributed by atoms with van der Waals surface area (Å²) in [5.41, 5.74) is -0.0761. The fourth-order valence-corrected chi connectivity index (χ4v) is 1.40. The van der Waals surface area contributed by atoms with Crippen molar-refractivity contribution in [3.63, 3.8) is 0 Å². The second-order valence-corrected chi connectivity index (χ2v) is 3.54. The van der Waals surface area contributed by atoms with E-state index in [1.807, 2.05) is 0 Å².